The molecule has 8 heteroatoms. The van der Waals surface area contributed by atoms with E-state index in [9.17, 15) is 26.3 Å². The Hall–Kier alpha value is -1.91. The first-order valence-electron chi connectivity index (χ1n) is 5.29. The molecule has 1 aromatic carbocycles. The van der Waals surface area contributed by atoms with Crippen LogP contribution in [0.5, 0.6) is 5.75 Å². The van der Waals surface area contributed by atoms with E-state index >= 15 is 0 Å². The molecule has 0 fully saturated rings. The van der Waals surface area contributed by atoms with Crippen LogP contribution in [0.4, 0.5) is 26.3 Å². The quantitative estimate of drug-likeness (QED) is 0.783. The van der Waals surface area contributed by atoms with Gasteiger partial charge in [-0.1, -0.05) is 12.1 Å². The van der Waals surface area contributed by atoms with Crippen molar-refractivity contribution in [2.75, 3.05) is 0 Å². The summed E-state index contributed by atoms with van der Waals surface area (Å²) in [4.78, 5) is 0. The maximum absolute atomic E-state index is 12.7. The smallest absolute Gasteiger partial charge is 0.406 e. The second-order valence-corrected chi connectivity index (χ2v) is 4.31. The third kappa shape index (κ3) is 4.05. The first-order chi connectivity index (χ1) is 8.97. The van der Waals surface area contributed by atoms with E-state index in [2.05, 4.69) is 4.74 Å². The number of halogens is 6. The number of rotatable bonds is 3. The summed E-state index contributed by atoms with van der Waals surface area (Å²) >= 11 is 0. The highest BCUT2D eigenvalue weighted by Crippen LogP contribution is 2.40. The topological polar surface area (TPSA) is 33.0 Å². The lowest BCUT2D eigenvalue weighted by Crippen LogP contribution is -2.35. The lowest BCUT2D eigenvalue weighted by atomic mass is 9.84. The van der Waals surface area contributed by atoms with Gasteiger partial charge >= 0.3 is 12.5 Å². The molecule has 0 amide bonds. The number of nitriles is 1. The van der Waals surface area contributed by atoms with Crippen LogP contribution in [0.15, 0.2) is 24.3 Å². The van der Waals surface area contributed by atoms with Crippen molar-refractivity contribution in [1.82, 2.24) is 0 Å². The molecule has 0 saturated heterocycles. The highest BCUT2D eigenvalue weighted by Gasteiger charge is 2.51. The second kappa shape index (κ2) is 5.23. The third-order valence-corrected chi connectivity index (χ3v) is 2.59. The molecule has 0 radical (unpaired) electrons. The largest absolute Gasteiger partial charge is 0.573 e. The Morgan fingerprint density at radius 3 is 1.90 bits per heavy atom. The van der Waals surface area contributed by atoms with Crippen molar-refractivity contribution in [3.8, 4) is 11.8 Å². The number of alkyl halides is 6. The van der Waals surface area contributed by atoms with Gasteiger partial charge in [0.25, 0.3) is 0 Å². The van der Waals surface area contributed by atoms with Gasteiger partial charge < -0.3 is 4.74 Å². The minimum atomic E-state index is -4.87. The van der Waals surface area contributed by atoms with Crippen LogP contribution in [0, 0.1) is 16.7 Å². The molecule has 2 nitrogen and oxygen atoms in total. The van der Waals surface area contributed by atoms with E-state index in [1.807, 2.05) is 0 Å². The summed E-state index contributed by atoms with van der Waals surface area (Å²) in [5.41, 5.74) is -2.51. The van der Waals surface area contributed by atoms with Crippen LogP contribution >= 0.6 is 0 Å². The van der Waals surface area contributed by atoms with Gasteiger partial charge in [0.1, 0.15) is 5.75 Å². The second-order valence-electron chi connectivity index (χ2n) is 4.31. The number of hydrogen-bond donors (Lipinski definition) is 0. The zero-order chi connectivity index (χ0) is 15.6. The lowest BCUT2D eigenvalue weighted by Gasteiger charge is -2.24. The Kier molecular flexibility index (Phi) is 4.22. The molecule has 20 heavy (non-hydrogen) atoms. The summed E-state index contributed by atoms with van der Waals surface area (Å²) < 4.78 is 77.4. The molecule has 0 saturated carbocycles. The Morgan fingerprint density at radius 1 is 1.05 bits per heavy atom. The Labute approximate surface area is 110 Å². The highest BCUT2D eigenvalue weighted by atomic mass is 19.4. The molecule has 0 N–H and O–H groups in total. The van der Waals surface area contributed by atoms with E-state index in [4.69, 9.17) is 5.26 Å². The van der Waals surface area contributed by atoms with Crippen molar-refractivity contribution < 1.29 is 31.1 Å². The highest BCUT2D eigenvalue weighted by molar-refractivity contribution is 5.29. The fourth-order valence-electron chi connectivity index (χ4n) is 1.42. The molecule has 0 spiro atoms. The molecule has 1 rings (SSSR count). The van der Waals surface area contributed by atoms with Gasteiger partial charge in [-0.2, -0.15) is 18.4 Å². The first kappa shape index (κ1) is 16.1. The SMILES string of the molecule is CC(C#N)(Cc1ccc(OC(F)(F)F)cc1)C(F)(F)F. The maximum Gasteiger partial charge on any atom is 0.573 e. The fraction of sp³-hybridized carbons (Fsp3) is 0.417. The molecule has 0 bridgehead atoms. The minimum Gasteiger partial charge on any atom is -0.406 e. The van der Waals surface area contributed by atoms with Crippen LogP contribution in [0.3, 0.4) is 0 Å². The molecular formula is C12H9F6NO. The zero-order valence-corrected chi connectivity index (χ0v) is 10.1. The van der Waals surface area contributed by atoms with Crippen molar-refractivity contribution in [2.45, 2.75) is 25.9 Å². The Morgan fingerprint density at radius 2 is 1.55 bits per heavy atom. The maximum atomic E-state index is 12.7. The Bertz CT molecular complexity index is 499. The molecule has 1 unspecified atom stereocenters. The van der Waals surface area contributed by atoms with Crippen LogP contribution in [-0.4, -0.2) is 12.5 Å². The molecule has 1 atom stereocenters. The van der Waals surface area contributed by atoms with Crippen LogP contribution in [-0.2, 0) is 6.42 Å². The summed E-state index contributed by atoms with van der Waals surface area (Å²) in [5.74, 6) is -0.535. The van der Waals surface area contributed by atoms with Crippen molar-refractivity contribution in [1.29, 1.82) is 5.26 Å². The molecule has 0 aliphatic rings. The van der Waals surface area contributed by atoms with Gasteiger partial charge in [-0.25, -0.2) is 0 Å². The number of hydrogen-bond acceptors (Lipinski definition) is 2. The molecule has 0 aliphatic carbocycles. The predicted molar refractivity (Wildman–Crippen MR) is 56.6 cm³/mol. The van der Waals surface area contributed by atoms with Gasteiger partial charge in [0.2, 0.25) is 0 Å². The van der Waals surface area contributed by atoms with Gasteiger partial charge in [-0.3, -0.25) is 0 Å². The van der Waals surface area contributed by atoms with E-state index < -0.39 is 30.1 Å². The molecule has 110 valence electrons. The molecule has 0 aliphatic heterocycles. The minimum absolute atomic E-state index is 0.0842. The number of ether oxygens (including phenoxy) is 1. The zero-order valence-electron chi connectivity index (χ0n) is 10.1. The van der Waals surface area contributed by atoms with Gasteiger partial charge in [-0.15, -0.1) is 13.2 Å². The van der Waals surface area contributed by atoms with Crippen LogP contribution in [0.25, 0.3) is 0 Å². The van der Waals surface area contributed by atoms with E-state index in [1.165, 1.54) is 6.07 Å². The van der Waals surface area contributed by atoms with Crippen molar-refractivity contribution in [3.63, 3.8) is 0 Å². The summed E-state index contributed by atoms with van der Waals surface area (Å²) in [6.45, 7) is 0.729. The molecule has 0 aromatic heterocycles. The van der Waals surface area contributed by atoms with E-state index in [0.717, 1.165) is 31.2 Å². The summed E-state index contributed by atoms with van der Waals surface area (Å²) in [5, 5.41) is 8.65. The standard InChI is InChI=1S/C12H9F6NO/c1-10(7-19,11(13,14)15)6-8-2-4-9(5-3-8)20-12(16,17)18/h2-5H,6H2,1H3. The normalized spacial score (nSPS) is 15.3. The third-order valence-electron chi connectivity index (χ3n) is 2.59. The van der Waals surface area contributed by atoms with Gasteiger partial charge in [0.05, 0.1) is 6.07 Å². The van der Waals surface area contributed by atoms with E-state index in [-0.39, 0.29) is 5.56 Å². The average Bonchev–Trinajstić information content (AvgIpc) is 2.28. The van der Waals surface area contributed by atoms with Crippen molar-refractivity contribution >= 4 is 0 Å². The molecule has 0 heterocycles. The van der Waals surface area contributed by atoms with Crippen molar-refractivity contribution in [3.05, 3.63) is 29.8 Å². The average molecular weight is 297 g/mol. The molecular weight excluding hydrogens is 288 g/mol. The fourth-order valence-corrected chi connectivity index (χ4v) is 1.42. The van der Waals surface area contributed by atoms with Gasteiger partial charge in [-0.05, 0) is 31.0 Å². The van der Waals surface area contributed by atoms with Gasteiger partial charge in [0, 0.05) is 0 Å². The molecule has 1 aromatic rings. The van der Waals surface area contributed by atoms with Crippen molar-refractivity contribution in [2.24, 2.45) is 5.41 Å². The summed E-state index contributed by atoms with van der Waals surface area (Å²) in [6.07, 6.45) is -10.3. The number of benzene rings is 1. The first-order valence-corrected chi connectivity index (χ1v) is 5.29. The lowest BCUT2D eigenvalue weighted by molar-refractivity contribution is -0.274. The number of nitrogens with zero attached hydrogens (tertiary/aromatic N) is 1. The Balaban J connectivity index is 2.88. The van der Waals surface area contributed by atoms with Crippen LogP contribution < -0.4 is 4.74 Å². The van der Waals surface area contributed by atoms with Crippen LogP contribution in [0.1, 0.15) is 12.5 Å². The van der Waals surface area contributed by atoms with Crippen LogP contribution in [0.2, 0.25) is 0 Å². The summed E-state index contributed by atoms with van der Waals surface area (Å²) in [6, 6.07) is 5.10. The monoisotopic (exact) mass is 297 g/mol. The predicted octanol–water partition coefficient (Wildman–Crippen LogP) is 4.22. The van der Waals surface area contributed by atoms with Gasteiger partial charge in [0.15, 0.2) is 5.41 Å². The van der Waals surface area contributed by atoms with E-state index in [1.54, 1.807) is 0 Å². The summed E-state index contributed by atoms with van der Waals surface area (Å²) in [7, 11) is 0. The van der Waals surface area contributed by atoms with E-state index in [0.29, 0.717) is 0 Å².